The Hall–Kier alpha value is -1.46. The molecular weight excluding hydrogens is 324 g/mol. The second-order valence-corrected chi connectivity index (χ2v) is 6.17. The van der Waals surface area contributed by atoms with Crippen molar-refractivity contribution in [2.45, 2.75) is 6.42 Å². The molecule has 0 radical (unpaired) electrons. The van der Waals surface area contributed by atoms with Crippen molar-refractivity contribution in [2.24, 2.45) is 0 Å². The first-order chi connectivity index (χ1) is 9.24. The molecule has 0 fully saturated rings. The van der Waals surface area contributed by atoms with Crippen LogP contribution in [0.15, 0.2) is 45.7 Å². The van der Waals surface area contributed by atoms with E-state index in [0.717, 1.165) is 21.5 Å². The molecule has 5 heteroatoms. The van der Waals surface area contributed by atoms with Crippen LogP contribution in [0, 0.1) is 0 Å². The molecule has 0 saturated carbocycles. The molecule has 0 aliphatic rings. The zero-order valence-corrected chi connectivity index (χ0v) is 12.6. The maximum absolute atomic E-state index is 11.6. The summed E-state index contributed by atoms with van der Waals surface area (Å²) in [7, 11) is 0. The van der Waals surface area contributed by atoms with Crippen molar-refractivity contribution in [3.05, 3.63) is 57.0 Å². The number of rotatable bonds is 5. The number of carbonyl (C=O) groups is 1. The van der Waals surface area contributed by atoms with Crippen molar-refractivity contribution < 1.29 is 4.79 Å². The summed E-state index contributed by atoms with van der Waals surface area (Å²) in [6.07, 6.45) is 5.85. The van der Waals surface area contributed by atoms with Gasteiger partial charge in [-0.15, -0.1) is 11.3 Å². The topological polar surface area (TPSA) is 42.0 Å². The molecular formula is C14H13BrN2OS. The van der Waals surface area contributed by atoms with Crippen molar-refractivity contribution in [3.63, 3.8) is 0 Å². The molecule has 3 nitrogen and oxygen atoms in total. The van der Waals surface area contributed by atoms with Gasteiger partial charge in [0.15, 0.2) is 0 Å². The molecule has 2 aromatic rings. The third kappa shape index (κ3) is 4.96. The van der Waals surface area contributed by atoms with Gasteiger partial charge < -0.3 is 5.32 Å². The number of pyridine rings is 1. The van der Waals surface area contributed by atoms with Crippen molar-refractivity contribution in [1.29, 1.82) is 0 Å². The van der Waals surface area contributed by atoms with E-state index in [2.05, 4.69) is 26.2 Å². The second-order valence-electron chi connectivity index (χ2n) is 3.88. The van der Waals surface area contributed by atoms with Crippen molar-refractivity contribution in [1.82, 2.24) is 10.3 Å². The Morgan fingerprint density at radius 1 is 1.47 bits per heavy atom. The van der Waals surface area contributed by atoms with Gasteiger partial charge >= 0.3 is 0 Å². The third-order valence-electron chi connectivity index (χ3n) is 2.42. The third-order valence-corrected chi connectivity index (χ3v) is 3.94. The summed E-state index contributed by atoms with van der Waals surface area (Å²) in [5.74, 6) is -0.0850. The summed E-state index contributed by atoms with van der Waals surface area (Å²) in [6, 6.07) is 7.75. The predicted molar refractivity (Wildman–Crippen MR) is 82.0 cm³/mol. The number of nitrogens with one attached hydrogen (secondary N) is 1. The molecule has 0 atom stereocenters. The van der Waals surface area contributed by atoms with Gasteiger partial charge in [0, 0.05) is 30.9 Å². The van der Waals surface area contributed by atoms with Gasteiger partial charge in [0.05, 0.1) is 3.79 Å². The van der Waals surface area contributed by atoms with Crippen molar-refractivity contribution in [2.75, 3.05) is 6.54 Å². The molecule has 2 aromatic heterocycles. The fourth-order valence-corrected chi connectivity index (χ4v) is 2.65. The van der Waals surface area contributed by atoms with Crippen LogP contribution >= 0.6 is 27.3 Å². The van der Waals surface area contributed by atoms with E-state index in [1.54, 1.807) is 29.7 Å². The highest BCUT2D eigenvalue weighted by Gasteiger charge is 1.98. The smallest absolute Gasteiger partial charge is 0.244 e. The molecule has 0 saturated heterocycles. The normalized spacial score (nSPS) is 10.8. The van der Waals surface area contributed by atoms with Gasteiger partial charge in [-0.1, -0.05) is 6.07 Å². The first-order valence-electron chi connectivity index (χ1n) is 5.84. The minimum absolute atomic E-state index is 0.0850. The number of hydrogen-bond donors (Lipinski definition) is 1. The van der Waals surface area contributed by atoms with Crippen LogP contribution in [0.1, 0.15) is 11.3 Å². The van der Waals surface area contributed by atoms with Gasteiger partial charge in [0.25, 0.3) is 0 Å². The molecule has 2 rings (SSSR count). The highest BCUT2D eigenvalue weighted by molar-refractivity contribution is 9.11. The van der Waals surface area contributed by atoms with Crippen LogP contribution in [0.4, 0.5) is 0 Å². The quantitative estimate of drug-likeness (QED) is 0.851. The van der Waals surface area contributed by atoms with Gasteiger partial charge in [-0.05, 0) is 51.1 Å². The van der Waals surface area contributed by atoms with Gasteiger partial charge in [-0.25, -0.2) is 0 Å². The van der Waals surface area contributed by atoms with Crippen molar-refractivity contribution in [3.8, 4) is 0 Å². The maximum atomic E-state index is 11.6. The molecule has 2 heterocycles. The molecule has 1 N–H and O–H groups in total. The lowest BCUT2D eigenvalue weighted by atomic mass is 10.2. The van der Waals surface area contributed by atoms with Crippen molar-refractivity contribution >= 4 is 39.2 Å². The molecule has 98 valence electrons. The summed E-state index contributed by atoms with van der Waals surface area (Å²) >= 11 is 4.98. The molecule has 1 amide bonds. The van der Waals surface area contributed by atoms with E-state index >= 15 is 0 Å². The van der Waals surface area contributed by atoms with Crippen LogP contribution in [-0.4, -0.2) is 17.4 Å². The average Bonchev–Trinajstić information content (AvgIpc) is 2.83. The number of amides is 1. The van der Waals surface area contributed by atoms with E-state index < -0.39 is 0 Å². The zero-order chi connectivity index (χ0) is 13.5. The summed E-state index contributed by atoms with van der Waals surface area (Å²) in [5.41, 5.74) is 2.00. The lowest BCUT2D eigenvalue weighted by Gasteiger charge is -2.01. The Morgan fingerprint density at radius 2 is 2.37 bits per heavy atom. The van der Waals surface area contributed by atoms with E-state index in [-0.39, 0.29) is 5.91 Å². The monoisotopic (exact) mass is 336 g/mol. The minimum atomic E-state index is -0.0850. The SMILES string of the molecule is O=C(/C=C/c1csc(Br)c1)NCCc1ccccn1. The number of aromatic nitrogens is 1. The number of thiophene rings is 1. The fraction of sp³-hybridized carbons (Fsp3) is 0.143. The molecule has 0 aliphatic carbocycles. The standard InChI is InChI=1S/C14H13BrN2OS/c15-13-9-11(10-19-13)4-5-14(18)17-8-6-12-3-1-2-7-16-12/h1-5,7,9-10H,6,8H2,(H,17,18)/b5-4+. The van der Waals surface area contributed by atoms with E-state index in [0.29, 0.717) is 6.54 Å². The highest BCUT2D eigenvalue weighted by atomic mass is 79.9. The lowest BCUT2D eigenvalue weighted by molar-refractivity contribution is -0.116. The maximum Gasteiger partial charge on any atom is 0.244 e. The summed E-state index contributed by atoms with van der Waals surface area (Å²) < 4.78 is 1.06. The van der Waals surface area contributed by atoms with Crippen LogP contribution in [0.25, 0.3) is 6.08 Å². The van der Waals surface area contributed by atoms with Crippen LogP contribution in [0.5, 0.6) is 0 Å². The van der Waals surface area contributed by atoms with E-state index in [4.69, 9.17) is 0 Å². The summed E-state index contributed by atoms with van der Waals surface area (Å²) in [4.78, 5) is 15.8. The number of carbonyl (C=O) groups excluding carboxylic acids is 1. The largest absolute Gasteiger partial charge is 0.352 e. The Kier molecular flexibility index (Phi) is 5.30. The number of nitrogens with zero attached hydrogens (tertiary/aromatic N) is 1. The van der Waals surface area contributed by atoms with Gasteiger partial charge in [0.2, 0.25) is 5.91 Å². The Balaban J connectivity index is 1.74. The molecule has 19 heavy (non-hydrogen) atoms. The first-order valence-corrected chi connectivity index (χ1v) is 7.51. The van der Waals surface area contributed by atoms with Gasteiger partial charge in [0.1, 0.15) is 0 Å². The molecule has 0 spiro atoms. The molecule has 0 aliphatic heterocycles. The second kappa shape index (κ2) is 7.21. The zero-order valence-electron chi connectivity index (χ0n) is 10.2. The lowest BCUT2D eigenvalue weighted by Crippen LogP contribution is -2.23. The van der Waals surface area contributed by atoms with Gasteiger partial charge in [-0.3, -0.25) is 9.78 Å². The minimum Gasteiger partial charge on any atom is -0.352 e. The Morgan fingerprint density at radius 3 is 3.05 bits per heavy atom. The first kappa shape index (κ1) is 14.0. The van der Waals surface area contributed by atoms with Crippen LogP contribution in [0.2, 0.25) is 0 Å². The van der Waals surface area contributed by atoms with E-state index in [9.17, 15) is 4.79 Å². The predicted octanol–water partition coefficient (Wildman–Crippen LogP) is 3.28. The van der Waals surface area contributed by atoms with Crippen LogP contribution in [-0.2, 0) is 11.2 Å². The fourth-order valence-electron chi connectivity index (χ4n) is 1.50. The summed E-state index contributed by atoms with van der Waals surface area (Å²) in [5, 5.41) is 4.82. The molecule has 0 aromatic carbocycles. The average molecular weight is 337 g/mol. The van der Waals surface area contributed by atoms with Gasteiger partial charge in [-0.2, -0.15) is 0 Å². The summed E-state index contributed by atoms with van der Waals surface area (Å²) in [6.45, 7) is 0.591. The van der Waals surface area contributed by atoms with Crippen LogP contribution in [0.3, 0.4) is 0 Å². The number of halogens is 1. The van der Waals surface area contributed by atoms with Crippen LogP contribution < -0.4 is 5.32 Å². The van der Waals surface area contributed by atoms with E-state index in [1.807, 2.05) is 29.6 Å². The Labute approximate surface area is 124 Å². The molecule has 0 bridgehead atoms. The highest BCUT2D eigenvalue weighted by Crippen LogP contribution is 2.21. The Bertz CT molecular complexity index is 566. The number of hydrogen-bond acceptors (Lipinski definition) is 3. The molecule has 0 unspecified atom stereocenters. The van der Waals surface area contributed by atoms with E-state index in [1.165, 1.54) is 0 Å².